The average Bonchev–Trinajstić information content (AvgIpc) is 3.07. The first kappa shape index (κ1) is 14.5. The highest BCUT2D eigenvalue weighted by molar-refractivity contribution is 5.81. The fourth-order valence-electron chi connectivity index (χ4n) is 3.24. The van der Waals surface area contributed by atoms with Gasteiger partial charge in [-0.15, -0.1) is 0 Å². The Morgan fingerprint density at radius 1 is 1.38 bits per heavy atom. The first-order valence-electron chi connectivity index (χ1n) is 7.65. The van der Waals surface area contributed by atoms with Crippen LogP contribution in [0.4, 0.5) is 0 Å². The van der Waals surface area contributed by atoms with E-state index in [0.717, 1.165) is 25.3 Å². The summed E-state index contributed by atoms with van der Waals surface area (Å²) in [5.74, 6) is 1.48. The number of ether oxygens (including phenoxy) is 1. The number of aryl methyl sites for hydroxylation is 1. The Morgan fingerprint density at radius 3 is 2.81 bits per heavy atom. The van der Waals surface area contributed by atoms with Crippen LogP contribution in [0.25, 0.3) is 0 Å². The van der Waals surface area contributed by atoms with Crippen molar-refractivity contribution in [1.82, 2.24) is 19.4 Å². The predicted octanol–water partition coefficient (Wildman–Crippen LogP) is 0.660. The molecule has 0 radical (unpaired) electrons. The molecule has 6 nitrogen and oxygen atoms in total. The van der Waals surface area contributed by atoms with E-state index >= 15 is 0 Å². The number of amides is 1. The van der Waals surface area contributed by atoms with Crippen LogP contribution in [0.5, 0.6) is 0 Å². The van der Waals surface area contributed by atoms with Crippen molar-refractivity contribution < 1.29 is 9.53 Å². The Bertz CT molecular complexity index is 516. The number of likely N-dealkylation sites (N-methyl/N-ethyl adjacent to an activating group) is 1. The van der Waals surface area contributed by atoms with Crippen molar-refractivity contribution in [3.8, 4) is 0 Å². The summed E-state index contributed by atoms with van der Waals surface area (Å²) in [6.07, 6.45) is 4.49. The largest absolute Gasteiger partial charge is 0.368 e. The second-order valence-electron chi connectivity index (χ2n) is 6.23. The van der Waals surface area contributed by atoms with Crippen molar-refractivity contribution in [2.24, 2.45) is 13.0 Å². The summed E-state index contributed by atoms with van der Waals surface area (Å²) >= 11 is 0. The Kier molecular flexibility index (Phi) is 3.99. The molecule has 0 spiro atoms. The molecule has 2 fully saturated rings. The number of hydrogen-bond acceptors (Lipinski definition) is 4. The third-order valence-electron chi connectivity index (χ3n) is 4.75. The van der Waals surface area contributed by atoms with Gasteiger partial charge in [0, 0.05) is 45.7 Å². The van der Waals surface area contributed by atoms with Crippen LogP contribution in [0.3, 0.4) is 0 Å². The van der Waals surface area contributed by atoms with Crippen molar-refractivity contribution in [2.75, 3.05) is 33.3 Å². The molecular formula is C15H24N4O2. The zero-order valence-corrected chi connectivity index (χ0v) is 13.0. The van der Waals surface area contributed by atoms with Crippen molar-refractivity contribution >= 4 is 5.91 Å². The predicted molar refractivity (Wildman–Crippen MR) is 78.7 cm³/mol. The fraction of sp³-hybridized carbons (Fsp3) is 0.733. The van der Waals surface area contributed by atoms with Gasteiger partial charge in [-0.25, -0.2) is 4.98 Å². The SMILES string of the molecule is CC1CCOC1C(=O)N1CCN(C)C(c2nccn2C)C1. The minimum atomic E-state index is -0.254. The molecule has 6 heteroatoms. The van der Waals surface area contributed by atoms with Crippen LogP contribution < -0.4 is 0 Å². The topological polar surface area (TPSA) is 50.6 Å². The number of imidazole rings is 1. The lowest BCUT2D eigenvalue weighted by Gasteiger charge is -2.40. The molecule has 0 aromatic carbocycles. The third-order valence-corrected chi connectivity index (χ3v) is 4.75. The maximum Gasteiger partial charge on any atom is 0.252 e. The monoisotopic (exact) mass is 292 g/mol. The van der Waals surface area contributed by atoms with E-state index in [4.69, 9.17) is 4.74 Å². The van der Waals surface area contributed by atoms with E-state index in [1.807, 2.05) is 28.9 Å². The van der Waals surface area contributed by atoms with E-state index in [1.54, 1.807) is 0 Å². The van der Waals surface area contributed by atoms with Crippen LogP contribution in [0.1, 0.15) is 25.2 Å². The lowest BCUT2D eigenvalue weighted by atomic mass is 10.0. The van der Waals surface area contributed by atoms with Gasteiger partial charge in [-0.2, -0.15) is 0 Å². The van der Waals surface area contributed by atoms with Crippen molar-refractivity contribution in [3.63, 3.8) is 0 Å². The first-order chi connectivity index (χ1) is 10.1. The molecule has 1 amide bonds. The summed E-state index contributed by atoms with van der Waals surface area (Å²) in [7, 11) is 4.09. The molecule has 0 aliphatic carbocycles. The summed E-state index contributed by atoms with van der Waals surface area (Å²) in [6, 6.07) is 0.152. The van der Waals surface area contributed by atoms with E-state index in [2.05, 4.69) is 23.9 Å². The summed E-state index contributed by atoms with van der Waals surface area (Å²) in [6.45, 7) is 5.12. The number of aromatic nitrogens is 2. The van der Waals surface area contributed by atoms with Crippen LogP contribution in [0, 0.1) is 5.92 Å². The molecular weight excluding hydrogens is 268 g/mol. The molecule has 1 aromatic heterocycles. The first-order valence-corrected chi connectivity index (χ1v) is 7.65. The highest BCUT2D eigenvalue weighted by Crippen LogP contribution is 2.26. The number of carbonyl (C=O) groups excluding carboxylic acids is 1. The zero-order valence-electron chi connectivity index (χ0n) is 13.0. The molecule has 2 saturated heterocycles. The molecule has 0 N–H and O–H groups in total. The second-order valence-corrected chi connectivity index (χ2v) is 6.23. The maximum atomic E-state index is 12.7. The Balaban J connectivity index is 1.74. The van der Waals surface area contributed by atoms with Gasteiger partial charge in [0.1, 0.15) is 11.9 Å². The van der Waals surface area contributed by atoms with Gasteiger partial charge in [0.25, 0.3) is 5.91 Å². The van der Waals surface area contributed by atoms with Gasteiger partial charge in [-0.3, -0.25) is 9.69 Å². The van der Waals surface area contributed by atoms with Gasteiger partial charge in [0.2, 0.25) is 0 Å². The van der Waals surface area contributed by atoms with Gasteiger partial charge in [-0.1, -0.05) is 6.92 Å². The molecule has 3 rings (SSSR count). The molecule has 3 unspecified atom stereocenters. The molecule has 3 atom stereocenters. The standard InChI is InChI=1S/C15H24N4O2/c1-11-4-9-21-13(11)15(20)19-8-7-17(2)12(10-19)14-16-5-6-18(14)3/h5-6,11-13H,4,7-10H2,1-3H3. The summed E-state index contributed by atoms with van der Waals surface area (Å²) in [5.41, 5.74) is 0. The highest BCUT2D eigenvalue weighted by atomic mass is 16.5. The molecule has 1 aromatic rings. The number of piperazine rings is 1. The van der Waals surface area contributed by atoms with Crippen molar-refractivity contribution in [1.29, 1.82) is 0 Å². The van der Waals surface area contributed by atoms with Crippen LogP contribution in [0.15, 0.2) is 12.4 Å². The van der Waals surface area contributed by atoms with Crippen LogP contribution in [-0.2, 0) is 16.6 Å². The molecule has 116 valence electrons. The molecule has 21 heavy (non-hydrogen) atoms. The maximum absolute atomic E-state index is 12.7. The number of rotatable bonds is 2. The number of nitrogens with zero attached hydrogens (tertiary/aromatic N) is 4. The van der Waals surface area contributed by atoms with E-state index in [-0.39, 0.29) is 18.1 Å². The van der Waals surface area contributed by atoms with E-state index in [0.29, 0.717) is 19.1 Å². The average molecular weight is 292 g/mol. The minimum Gasteiger partial charge on any atom is -0.368 e. The van der Waals surface area contributed by atoms with Crippen LogP contribution >= 0.6 is 0 Å². The summed E-state index contributed by atoms with van der Waals surface area (Å²) in [4.78, 5) is 21.3. The van der Waals surface area contributed by atoms with Gasteiger partial charge < -0.3 is 14.2 Å². The lowest BCUT2D eigenvalue weighted by molar-refractivity contribution is -0.145. The molecule has 2 aliphatic rings. The van der Waals surface area contributed by atoms with E-state index in [1.165, 1.54) is 0 Å². The Hall–Kier alpha value is -1.40. The number of hydrogen-bond donors (Lipinski definition) is 0. The normalized spacial score (nSPS) is 30.8. The summed E-state index contributed by atoms with van der Waals surface area (Å²) in [5, 5.41) is 0. The van der Waals surface area contributed by atoms with Crippen molar-refractivity contribution in [2.45, 2.75) is 25.5 Å². The van der Waals surface area contributed by atoms with Crippen LogP contribution in [0.2, 0.25) is 0 Å². The van der Waals surface area contributed by atoms with Gasteiger partial charge in [-0.05, 0) is 19.4 Å². The zero-order chi connectivity index (χ0) is 15.0. The molecule has 0 bridgehead atoms. The quantitative estimate of drug-likeness (QED) is 0.803. The molecule has 3 heterocycles. The Labute approximate surface area is 125 Å². The molecule has 0 saturated carbocycles. The lowest BCUT2D eigenvalue weighted by Crippen LogP contribution is -2.52. The van der Waals surface area contributed by atoms with Crippen molar-refractivity contribution in [3.05, 3.63) is 18.2 Å². The smallest absolute Gasteiger partial charge is 0.252 e. The number of carbonyl (C=O) groups is 1. The highest BCUT2D eigenvalue weighted by Gasteiger charge is 2.37. The third kappa shape index (κ3) is 2.70. The Morgan fingerprint density at radius 2 is 2.19 bits per heavy atom. The van der Waals surface area contributed by atoms with Crippen LogP contribution in [-0.4, -0.2) is 64.7 Å². The summed E-state index contributed by atoms with van der Waals surface area (Å²) < 4.78 is 7.66. The fourth-order valence-corrected chi connectivity index (χ4v) is 3.24. The minimum absolute atomic E-state index is 0.146. The van der Waals surface area contributed by atoms with E-state index < -0.39 is 0 Å². The second kappa shape index (κ2) is 5.77. The molecule has 2 aliphatic heterocycles. The van der Waals surface area contributed by atoms with Gasteiger partial charge >= 0.3 is 0 Å². The van der Waals surface area contributed by atoms with E-state index in [9.17, 15) is 4.79 Å². The van der Waals surface area contributed by atoms with Gasteiger partial charge in [0.05, 0.1) is 6.04 Å². The van der Waals surface area contributed by atoms with Gasteiger partial charge in [0.15, 0.2) is 0 Å².